The van der Waals surface area contributed by atoms with Crippen LogP contribution in [0.3, 0.4) is 0 Å². The Balaban J connectivity index is 2.03. The van der Waals surface area contributed by atoms with Gasteiger partial charge in [0, 0.05) is 22.4 Å². The summed E-state index contributed by atoms with van der Waals surface area (Å²) in [5.41, 5.74) is 3.36. The summed E-state index contributed by atoms with van der Waals surface area (Å²) in [6.07, 6.45) is 5.64. The molecule has 94 valence electrons. The maximum atomic E-state index is 4.38. The molecule has 0 radical (unpaired) electrons. The van der Waals surface area contributed by atoms with Gasteiger partial charge in [0.15, 0.2) is 5.82 Å². The second kappa shape index (κ2) is 4.97. The Morgan fingerprint density at radius 3 is 2.79 bits per heavy atom. The van der Waals surface area contributed by atoms with Crippen molar-refractivity contribution in [2.24, 2.45) is 0 Å². The largest absolute Gasteiger partial charge is 0.237 e. The van der Waals surface area contributed by atoms with Crippen LogP contribution in [0.2, 0.25) is 0 Å². The van der Waals surface area contributed by atoms with Crippen molar-refractivity contribution < 1.29 is 0 Å². The molecule has 1 aromatic carbocycles. The molecule has 2 heterocycles. The van der Waals surface area contributed by atoms with E-state index in [0.717, 1.165) is 21.4 Å². The quantitative estimate of drug-likeness (QED) is 0.715. The highest BCUT2D eigenvalue weighted by Crippen LogP contribution is 2.27. The van der Waals surface area contributed by atoms with E-state index in [-0.39, 0.29) is 0 Å². The van der Waals surface area contributed by atoms with Crippen LogP contribution in [-0.4, -0.2) is 14.8 Å². The summed E-state index contributed by atoms with van der Waals surface area (Å²) in [4.78, 5) is 4.33. The number of pyridine rings is 1. The smallest absolute Gasteiger partial charge is 0.153 e. The maximum absolute atomic E-state index is 4.38. The molecule has 0 aliphatic carbocycles. The molecular formula is C15H12BrN3. The lowest BCUT2D eigenvalue weighted by Gasteiger charge is -2.01. The molecular weight excluding hydrogens is 302 g/mol. The Kier molecular flexibility index (Phi) is 3.17. The van der Waals surface area contributed by atoms with Crippen molar-refractivity contribution in [2.45, 2.75) is 6.92 Å². The fourth-order valence-corrected chi connectivity index (χ4v) is 2.44. The normalized spacial score (nSPS) is 10.6. The zero-order chi connectivity index (χ0) is 13.2. The van der Waals surface area contributed by atoms with Gasteiger partial charge in [-0.1, -0.05) is 34.1 Å². The number of halogens is 1. The number of hydrogen-bond donors (Lipinski definition) is 0. The zero-order valence-corrected chi connectivity index (χ0v) is 12.0. The van der Waals surface area contributed by atoms with Crippen molar-refractivity contribution in [1.29, 1.82) is 0 Å². The minimum Gasteiger partial charge on any atom is -0.237 e. The summed E-state index contributed by atoms with van der Waals surface area (Å²) in [5.74, 6) is 0.832. The Bertz CT molecular complexity index is 719. The minimum atomic E-state index is 0.832. The molecule has 3 rings (SSSR count). The number of aromatic nitrogens is 3. The molecule has 0 spiro atoms. The SMILES string of the molecule is Cc1ccnc(-n2cc(-c3ccccc3Br)cn2)c1. The van der Waals surface area contributed by atoms with Crippen LogP contribution >= 0.6 is 15.9 Å². The van der Waals surface area contributed by atoms with Crippen LogP contribution in [0.15, 0.2) is 59.5 Å². The van der Waals surface area contributed by atoms with Gasteiger partial charge in [0.05, 0.1) is 6.20 Å². The van der Waals surface area contributed by atoms with Crippen LogP contribution < -0.4 is 0 Å². The standard InChI is InChI=1S/C15H12BrN3/c1-11-6-7-17-15(8-11)19-10-12(9-18-19)13-4-2-3-5-14(13)16/h2-10H,1H3. The molecule has 0 amide bonds. The van der Waals surface area contributed by atoms with Crippen LogP contribution in [0, 0.1) is 6.92 Å². The van der Waals surface area contributed by atoms with Crippen LogP contribution in [0.25, 0.3) is 16.9 Å². The fourth-order valence-electron chi connectivity index (χ4n) is 1.93. The van der Waals surface area contributed by atoms with Crippen molar-refractivity contribution in [2.75, 3.05) is 0 Å². The Hall–Kier alpha value is -1.94. The topological polar surface area (TPSA) is 30.7 Å². The minimum absolute atomic E-state index is 0.832. The molecule has 0 aliphatic rings. The van der Waals surface area contributed by atoms with Gasteiger partial charge in [0.2, 0.25) is 0 Å². The first-order valence-corrected chi connectivity index (χ1v) is 6.76. The fraction of sp³-hybridized carbons (Fsp3) is 0.0667. The average Bonchev–Trinajstić information content (AvgIpc) is 2.89. The van der Waals surface area contributed by atoms with E-state index in [9.17, 15) is 0 Å². The molecule has 0 atom stereocenters. The lowest BCUT2D eigenvalue weighted by atomic mass is 10.1. The molecule has 19 heavy (non-hydrogen) atoms. The van der Waals surface area contributed by atoms with Gasteiger partial charge in [-0.05, 0) is 36.2 Å². The predicted molar refractivity (Wildman–Crippen MR) is 79.2 cm³/mol. The third-order valence-electron chi connectivity index (χ3n) is 2.90. The van der Waals surface area contributed by atoms with Crippen molar-refractivity contribution >= 4 is 15.9 Å². The average molecular weight is 314 g/mol. The van der Waals surface area contributed by atoms with Crippen LogP contribution in [0.4, 0.5) is 0 Å². The summed E-state index contributed by atoms with van der Waals surface area (Å²) in [6, 6.07) is 12.1. The van der Waals surface area contributed by atoms with Gasteiger partial charge in [-0.25, -0.2) is 9.67 Å². The van der Waals surface area contributed by atoms with Gasteiger partial charge < -0.3 is 0 Å². The predicted octanol–water partition coefficient (Wildman–Crippen LogP) is 4.01. The Labute approximate surface area is 120 Å². The molecule has 0 saturated carbocycles. The van der Waals surface area contributed by atoms with Crippen molar-refractivity contribution in [3.8, 4) is 16.9 Å². The monoisotopic (exact) mass is 313 g/mol. The molecule has 3 nitrogen and oxygen atoms in total. The van der Waals surface area contributed by atoms with E-state index in [2.05, 4.69) is 32.1 Å². The molecule has 0 fully saturated rings. The zero-order valence-electron chi connectivity index (χ0n) is 10.4. The third-order valence-corrected chi connectivity index (χ3v) is 3.59. The molecule has 2 aromatic heterocycles. The maximum Gasteiger partial charge on any atom is 0.153 e. The Morgan fingerprint density at radius 2 is 2.00 bits per heavy atom. The van der Waals surface area contributed by atoms with E-state index in [1.165, 1.54) is 5.56 Å². The van der Waals surface area contributed by atoms with Crippen molar-refractivity contribution in [3.05, 3.63) is 65.0 Å². The van der Waals surface area contributed by atoms with E-state index in [1.54, 1.807) is 10.9 Å². The first kappa shape index (κ1) is 12.1. The van der Waals surface area contributed by atoms with Gasteiger partial charge in [-0.2, -0.15) is 5.10 Å². The van der Waals surface area contributed by atoms with E-state index in [0.29, 0.717) is 0 Å². The summed E-state index contributed by atoms with van der Waals surface area (Å²) in [6.45, 7) is 2.05. The number of benzene rings is 1. The highest BCUT2D eigenvalue weighted by Gasteiger charge is 2.06. The summed E-state index contributed by atoms with van der Waals surface area (Å²) >= 11 is 3.56. The number of hydrogen-bond acceptors (Lipinski definition) is 2. The molecule has 0 unspecified atom stereocenters. The van der Waals surface area contributed by atoms with Gasteiger partial charge in [-0.3, -0.25) is 0 Å². The molecule has 3 aromatic rings. The van der Waals surface area contributed by atoms with E-state index >= 15 is 0 Å². The van der Waals surface area contributed by atoms with E-state index in [4.69, 9.17) is 0 Å². The summed E-state index contributed by atoms with van der Waals surface area (Å²) < 4.78 is 2.86. The van der Waals surface area contributed by atoms with Crippen LogP contribution in [-0.2, 0) is 0 Å². The first-order valence-electron chi connectivity index (χ1n) is 5.96. The molecule has 0 N–H and O–H groups in total. The molecule has 0 bridgehead atoms. The van der Waals surface area contributed by atoms with Gasteiger partial charge in [-0.15, -0.1) is 0 Å². The van der Waals surface area contributed by atoms with Crippen LogP contribution in [0.5, 0.6) is 0 Å². The second-order valence-corrected chi connectivity index (χ2v) is 5.20. The lowest BCUT2D eigenvalue weighted by molar-refractivity contribution is 0.845. The highest BCUT2D eigenvalue weighted by molar-refractivity contribution is 9.10. The van der Waals surface area contributed by atoms with Crippen molar-refractivity contribution in [1.82, 2.24) is 14.8 Å². The van der Waals surface area contributed by atoms with Gasteiger partial charge in [0.25, 0.3) is 0 Å². The molecule has 0 saturated heterocycles. The number of nitrogens with zero attached hydrogens (tertiary/aromatic N) is 3. The third kappa shape index (κ3) is 2.44. The summed E-state index contributed by atoms with van der Waals surface area (Å²) in [5, 5.41) is 4.38. The second-order valence-electron chi connectivity index (χ2n) is 4.34. The number of aryl methyl sites for hydroxylation is 1. The van der Waals surface area contributed by atoms with E-state index < -0.39 is 0 Å². The molecule has 4 heteroatoms. The first-order chi connectivity index (χ1) is 9.24. The highest BCUT2D eigenvalue weighted by atomic mass is 79.9. The van der Waals surface area contributed by atoms with Gasteiger partial charge in [0.1, 0.15) is 0 Å². The van der Waals surface area contributed by atoms with Gasteiger partial charge >= 0.3 is 0 Å². The summed E-state index contributed by atoms with van der Waals surface area (Å²) in [7, 11) is 0. The van der Waals surface area contributed by atoms with Crippen LogP contribution in [0.1, 0.15) is 5.56 Å². The lowest BCUT2D eigenvalue weighted by Crippen LogP contribution is -1.97. The van der Waals surface area contributed by atoms with E-state index in [1.807, 2.05) is 49.6 Å². The number of rotatable bonds is 2. The van der Waals surface area contributed by atoms with Crippen molar-refractivity contribution in [3.63, 3.8) is 0 Å². The molecule has 0 aliphatic heterocycles. The Morgan fingerprint density at radius 1 is 1.16 bits per heavy atom.